The van der Waals surface area contributed by atoms with Crippen LogP contribution in [-0.4, -0.2) is 24.8 Å². The second-order valence-corrected chi connectivity index (χ2v) is 2.89. The molecular weight excluding hydrogens is 194 g/mol. The summed E-state index contributed by atoms with van der Waals surface area (Å²) in [5.41, 5.74) is 0.668. The van der Waals surface area contributed by atoms with Crippen LogP contribution in [-0.2, 0) is 10.6 Å². The number of hydrogen-bond donors (Lipinski definition) is 0. The summed E-state index contributed by atoms with van der Waals surface area (Å²) in [6.45, 7) is 2.37. The molecule has 0 saturated carbocycles. The summed E-state index contributed by atoms with van der Waals surface area (Å²) in [7, 11) is 1.61. The first-order valence-corrected chi connectivity index (χ1v) is 4.45. The molecule has 1 aromatic rings. The van der Waals surface area contributed by atoms with E-state index in [-0.39, 0.29) is 12.2 Å². The minimum absolute atomic E-state index is 0.0770. The maximum absolute atomic E-state index is 5.54. The van der Waals surface area contributed by atoms with Gasteiger partial charge < -0.3 is 13.9 Å². The van der Waals surface area contributed by atoms with Crippen molar-refractivity contribution in [1.29, 1.82) is 0 Å². The standard InChI is InChI=1S/C8H12ClNO3/c1-6(4-11-2)13-8-10-7(3-9)5-12-8/h5-6H,3-4H2,1-2H3. The van der Waals surface area contributed by atoms with Crippen LogP contribution in [0.15, 0.2) is 10.7 Å². The van der Waals surface area contributed by atoms with E-state index in [1.807, 2.05) is 6.92 Å². The lowest BCUT2D eigenvalue weighted by Crippen LogP contribution is -2.18. The molecule has 1 atom stereocenters. The van der Waals surface area contributed by atoms with E-state index in [4.69, 9.17) is 25.5 Å². The third kappa shape index (κ3) is 3.24. The fourth-order valence-electron chi connectivity index (χ4n) is 0.845. The molecule has 13 heavy (non-hydrogen) atoms. The van der Waals surface area contributed by atoms with Gasteiger partial charge in [-0.05, 0) is 6.92 Å². The van der Waals surface area contributed by atoms with Gasteiger partial charge in [-0.25, -0.2) is 0 Å². The molecule has 0 spiro atoms. The van der Waals surface area contributed by atoms with E-state index in [0.29, 0.717) is 18.2 Å². The molecule has 0 saturated heterocycles. The van der Waals surface area contributed by atoms with Crippen molar-refractivity contribution in [3.05, 3.63) is 12.0 Å². The number of nitrogens with zero attached hydrogens (tertiary/aromatic N) is 1. The number of alkyl halides is 1. The predicted octanol–water partition coefficient (Wildman–Crippen LogP) is 1.83. The van der Waals surface area contributed by atoms with Crippen LogP contribution in [0.25, 0.3) is 0 Å². The van der Waals surface area contributed by atoms with Crippen molar-refractivity contribution < 1.29 is 13.9 Å². The molecule has 1 rings (SSSR count). The molecule has 0 aromatic carbocycles. The van der Waals surface area contributed by atoms with Gasteiger partial charge in [0.1, 0.15) is 12.4 Å². The van der Waals surface area contributed by atoms with Crippen LogP contribution >= 0.6 is 11.6 Å². The van der Waals surface area contributed by atoms with Crippen LogP contribution in [0.4, 0.5) is 0 Å². The van der Waals surface area contributed by atoms with Crippen molar-refractivity contribution in [1.82, 2.24) is 4.98 Å². The van der Waals surface area contributed by atoms with Crippen LogP contribution in [0.3, 0.4) is 0 Å². The molecule has 0 aliphatic heterocycles. The van der Waals surface area contributed by atoms with Gasteiger partial charge in [0.2, 0.25) is 0 Å². The third-order valence-corrected chi connectivity index (χ3v) is 1.64. The quantitative estimate of drug-likeness (QED) is 0.688. The highest BCUT2D eigenvalue weighted by molar-refractivity contribution is 6.16. The summed E-state index contributed by atoms with van der Waals surface area (Å²) >= 11 is 5.54. The highest BCUT2D eigenvalue weighted by atomic mass is 35.5. The van der Waals surface area contributed by atoms with Gasteiger partial charge in [-0.15, -0.1) is 11.6 Å². The first kappa shape index (κ1) is 10.3. The minimum atomic E-state index is -0.0770. The van der Waals surface area contributed by atoms with Crippen LogP contribution < -0.4 is 4.74 Å². The summed E-state index contributed by atoms with van der Waals surface area (Å²) in [4.78, 5) is 3.97. The first-order chi connectivity index (χ1) is 6.26. The van der Waals surface area contributed by atoms with Gasteiger partial charge in [0.05, 0.1) is 18.2 Å². The molecule has 5 heteroatoms. The van der Waals surface area contributed by atoms with Gasteiger partial charge in [-0.1, -0.05) is 0 Å². The number of ether oxygens (including phenoxy) is 2. The Hall–Kier alpha value is -0.740. The van der Waals surface area contributed by atoms with Crippen LogP contribution in [0.2, 0.25) is 0 Å². The van der Waals surface area contributed by atoms with E-state index < -0.39 is 0 Å². The topological polar surface area (TPSA) is 44.5 Å². The zero-order valence-corrected chi connectivity index (χ0v) is 8.37. The van der Waals surface area contributed by atoms with Gasteiger partial charge in [-0.3, -0.25) is 0 Å². The molecule has 0 aliphatic carbocycles. The van der Waals surface area contributed by atoms with Gasteiger partial charge in [-0.2, -0.15) is 4.98 Å². The lowest BCUT2D eigenvalue weighted by atomic mass is 10.4. The zero-order chi connectivity index (χ0) is 9.68. The maximum Gasteiger partial charge on any atom is 0.394 e. The van der Waals surface area contributed by atoms with Gasteiger partial charge in [0.15, 0.2) is 0 Å². The fraction of sp³-hybridized carbons (Fsp3) is 0.625. The van der Waals surface area contributed by atoms with Crippen LogP contribution in [0, 0.1) is 0 Å². The summed E-state index contributed by atoms with van der Waals surface area (Å²) in [5.74, 6) is 0.325. The van der Waals surface area contributed by atoms with E-state index in [0.717, 1.165) is 0 Å². The number of halogens is 1. The van der Waals surface area contributed by atoms with Crippen molar-refractivity contribution in [3.8, 4) is 6.08 Å². The Kier molecular flexibility index (Phi) is 4.05. The monoisotopic (exact) mass is 205 g/mol. The molecule has 0 bridgehead atoms. The average molecular weight is 206 g/mol. The minimum Gasteiger partial charge on any atom is -0.445 e. The molecule has 0 aliphatic rings. The zero-order valence-electron chi connectivity index (χ0n) is 7.62. The molecule has 4 nitrogen and oxygen atoms in total. The molecule has 1 aromatic heterocycles. The van der Waals surface area contributed by atoms with Gasteiger partial charge in [0, 0.05) is 7.11 Å². The molecule has 1 unspecified atom stereocenters. The van der Waals surface area contributed by atoms with Crippen LogP contribution in [0.5, 0.6) is 6.08 Å². The molecule has 0 N–H and O–H groups in total. The van der Waals surface area contributed by atoms with E-state index >= 15 is 0 Å². The Morgan fingerprint density at radius 3 is 3.00 bits per heavy atom. The van der Waals surface area contributed by atoms with E-state index in [9.17, 15) is 0 Å². The fourth-order valence-corrected chi connectivity index (χ4v) is 0.967. The largest absolute Gasteiger partial charge is 0.445 e. The Balaban J connectivity index is 2.44. The smallest absolute Gasteiger partial charge is 0.394 e. The first-order valence-electron chi connectivity index (χ1n) is 3.92. The van der Waals surface area contributed by atoms with Crippen molar-refractivity contribution in [2.24, 2.45) is 0 Å². The Labute approximate surface area is 81.8 Å². The van der Waals surface area contributed by atoms with Crippen molar-refractivity contribution in [3.63, 3.8) is 0 Å². The molecule has 74 valence electrons. The summed E-state index contributed by atoms with van der Waals surface area (Å²) < 4.78 is 15.2. The molecule has 0 radical (unpaired) electrons. The highest BCUT2D eigenvalue weighted by Gasteiger charge is 2.08. The van der Waals surface area contributed by atoms with Gasteiger partial charge in [0.25, 0.3) is 0 Å². The van der Waals surface area contributed by atoms with Crippen molar-refractivity contribution in [2.75, 3.05) is 13.7 Å². The lowest BCUT2D eigenvalue weighted by Gasteiger charge is -2.08. The second-order valence-electron chi connectivity index (χ2n) is 2.62. The van der Waals surface area contributed by atoms with Crippen molar-refractivity contribution in [2.45, 2.75) is 18.9 Å². The number of hydrogen-bond acceptors (Lipinski definition) is 4. The number of oxazole rings is 1. The van der Waals surface area contributed by atoms with Crippen molar-refractivity contribution >= 4 is 11.6 Å². The number of rotatable bonds is 5. The summed E-state index contributed by atoms with van der Waals surface area (Å²) in [6, 6.07) is 0. The Bertz CT molecular complexity index is 251. The SMILES string of the molecule is COCC(C)Oc1nc(CCl)co1. The Morgan fingerprint density at radius 1 is 1.69 bits per heavy atom. The van der Waals surface area contributed by atoms with E-state index in [1.165, 1.54) is 6.26 Å². The average Bonchev–Trinajstić information content (AvgIpc) is 2.52. The van der Waals surface area contributed by atoms with E-state index in [2.05, 4.69) is 4.98 Å². The van der Waals surface area contributed by atoms with Crippen LogP contribution in [0.1, 0.15) is 12.6 Å². The van der Waals surface area contributed by atoms with E-state index in [1.54, 1.807) is 7.11 Å². The summed E-state index contributed by atoms with van der Waals surface area (Å²) in [6.07, 6.45) is 1.63. The molecular formula is C8H12ClNO3. The predicted molar refractivity (Wildman–Crippen MR) is 48.0 cm³/mol. The lowest BCUT2D eigenvalue weighted by molar-refractivity contribution is 0.0705. The number of methoxy groups -OCH3 is 1. The Morgan fingerprint density at radius 2 is 2.46 bits per heavy atom. The second kappa shape index (κ2) is 5.09. The molecule has 0 amide bonds. The maximum atomic E-state index is 5.54. The number of aromatic nitrogens is 1. The molecule has 1 heterocycles. The third-order valence-electron chi connectivity index (χ3n) is 1.37. The normalized spacial score (nSPS) is 12.8. The van der Waals surface area contributed by atoms with Gasteiger partial charge >= 0.3 is 6.08 Å². The highest BCUT2D eigenvalue weighted by Crippen LogP contribution is 2.13. The summed E-state index contributed by atoms with van der Waals surface area (Å²) in [5, 5.41) is 0. The molecule has 0 fully saturated rings.